The first-order valence-electron chi connectivity index (χ1n) is 8.47. The van der Waals surface area contributed by atoms with Crippen LogP contribution >= 0.6 is 0 Å². The highest BCUT2D eigenvalue weighted by atomic mass is 32.2. The van der Waals surface area contributed by atoms with Crippen molar-refractivity contribution in [1.29, 1.82) is 0 Å². The molecule has 146 valence electrons. The van der Waals surface area contributed by atoms with Crippen molar-refractivity contribution in [3.05, 3.63) is 48.4 Å². The molecule has 3 aromatic rings. The zero-order chi connectivity index (χ0) is 19.9. The predicted octanol–water partition coefficient (Wildman–Crippen LogP) is 3.31. The first-order chi connectivity index (χ1) is 13.2. The van der Waals surface area contributed by atoms with E-state index >= 15 is 0 Å². The number of halogens is 3. The largest absolute Gasteiger partial charge is 0.416 e. The highest BCUT2D eigenvalue weighted by Gasteiger charge is 2.30. The Morgan fingerprint density at radius 3 is 2.29 bits per heavy atom. The Kier molecular flexibility index (Phi) is 4.45. The summed E-state index contributed by atoms with van der Waals surface area (Å²) in [5.41, 5.74) is 1.24. The van der Waals surface area contributed by atoms with Crippen molar-refractivity contribution in [3.8, 4) is 11.1 Å². The summed E-state index contributed by atoms with van der Waals surface area (Å²) in [5, 5.41) is 3.11. The smallest absolute Gasteiger partial charge is 0.364 e. The van der Waals surface area contributed by atoms with E-state index in [4.69, 9.17) is 0 Å². The Bertz CT molecular complexity index is 1130. The molecule has 1 aromatic carbocycles. The Labute approximate surface area is 158 Å². The van der Waals surface area contributed by atoms with E-state index in [9.17, 15) is 21.6 Å². The Balaban J connectivity index is 1.72. The van der Waals surface area contributed by atoms with E-state index < -0.39 is 21.6 Å². The standard InChI is InChI=1S/C18H15F3N4O2S/c19-18(20,21)12-3-1-11(2-4-12)14-9-24-17(16-15(14)22-6-7-23-16)25-13-5-8-28(26,27)10-13/h1-4,6-7,9,13H,5,8,10H2,(H,24,25). The molecule has 1 saturated heterocycles. The monoisotopic (exact) mass is 408 g/mol. The molecule has 1 aliphatic rings. The highest BCUT2D eigenvalue weighted by molar-refractivity contribution is 7.91. The quantitative estimate of drug-likeness (QED) is 0.716. The van der Waals surface area contributed by atoms with E-state index in [1.807, 2.05) is 0 Å². The molecule has 0 saturated carbocycles. The molecule has 6 nitrogen and oxygen atoms in total. The van der Waals surface area contributed by atoms with Crippen molar-refractivity contribution in [1.82, 2.24) is 15.0 Å². The summed E-state index contributed by atoms with van der Waals surface area (Å²) in [6, 6.07) is 4.48. The summed E-state index contributed by atoms with van der Waals surface area (Å²) in [7, 11) is -3.05. The average molecular weight is 408 g/mol. The minimum Gasteiger partial charge on any atom is -0.364 e. The van der Waals surface area contributed by atoms with Crippen LogP contribution in [-0.4, -0.2) is 40.9 Å². The maximum Gasteiger partial charge on any atom is 0.416 e. The van der Waals surface area contributed by atoms with Gasteiger partial charge in [0, 0.05) is 30.2 Å². The van der Waals surface area contributed by atoms with Gasteiger partial charge in [-0.3, -0.25) is 4.98 Å². The number of aromatic nitrogens is 3. The number of alkyl halides is 3. The number of sulfone groups is 1. The molecule has 0 aliphatic carbocycles. The molecule has 1 fully saturated rings. The molecule has 1 unspecified atom stereocenters. The molecule has 28 heavy (non-hydrogen) atoms. The molecule has 0 spiro atoms. The zero-order valence-corrected chi connectivity index (χ0v) is 15.3. The van der Waals surface area contributed by atoms with Crippen LogP contribution in [0.15, 0.2) is 42.9 Å². The third kappa shape index (κ3) is 3.64. The van der Waals surface area contributed by atoms with Crippen LogP contribution in [0.25, 0.3) is 22.2 Å². The van der Waals surface area contributed by atoms with E-state index in [1.54, 1.807) is 0 Å². The highest BCUT2D eigenvalue weighted by Crippen LogP contribution is 2.33. The number of hydrogen-bond donors (Lipinski definition) is 1. The fourth-order valence-electron chi connectivity index (χ4n) is 3.22. The lowest BCUT2D eigenvalue weighted by Gasteiger charge is -2.14. The van der Waals surface area contributed by atoms with Crippen LogP contribution in [0, 0.1) is 0 Å². The van der Waals surface area contributed by atoms with Gasteiger partial charge in [-0.15, -0.1) is 0 Å². The number of pyridine rings is 1. The molecule has 2 aromatic heterocycles. The minimum absolute atomic E-state index is 0.0249. The number of rotatable bonds is 3. The Morgan fingerprint density at radius 2 is 1.68 bits per heavy atom. The van der Waals surface area contributed by atoms with Crippen molar-refractivity contribution in [2.75, 3.05) is 16.8 Å². The third-order valence-electron chi connectivity index (χ3n) is 4.60. The second kappa shape index (κ2) is 6.69. The van der Waals surface area contributed by atoms with Gasteiger partial charge >= 0.3 is 6.18 Å². The topological polar surface area (TPSA) is 84.8 Å². The number of nitrogens with one attached hydrogen (secondary N) is 1. The molecule has 10 heteroatoms. The molecule has 0 amide bonds. The van der Waals surface area contributed by atoms with Crippen LogP contribution in [0.2, 0.25) is 0 Å². The van der Waals surface area contributed by atoms with E-state index in [0.29, 0.717) is 34.4 Å². The normalized spacial score (nSPS) is 19.0. The predicted molar refractivity (Wildman–Crippen MR) is 98.5 cm³/mol. The Hall–Kier alpha value is -2.75. The maximum atomic E-state index is 12.8. The van der Waals surface area contributed by atoms with Crippen LogP contribution in [0.4, 0.5) is 19.0 Å². The molecular formula is C18H15F3N4O2S. The van der Waals surface area contributed by atoms with Gasteiger partial charge in [0.1, 0.15) is 11.0 Å². The summed E-state index contributed by atoms with van der Waals surface area (Å²) in [6.07, 6.45) is 0.544. The zero-order valence-electron chi connectivity index (χ0n) is 14.4. The lowest BCUT2D eigenvalue weighted by Crippen LogP contribution is -2.21. The van der Waals surface area contributed by atoms with Gasteiger partial charge in [0.25, 0.3) is 0 Å². The molecule has 1 aliphatic heterocycles. The van der Waals surface area contributed by atoms with E-state index in [-0.39, 0.29) is 17.5 Å². The van der Waals surface area contributed by atoms with Crippen LogP contribution in [0.5, 0.6) is 0 Å². The summed E-state index contributed by atoms with van der Waals surface area (Å²) in [5.74, 6) is 0.551. The molecule has 1 atom stereocenters. The summed E-state index contributed by atoms with van der Waals surface area (Å²) < 4.78 is 61.7. The van der Waals surface area contributed by atoms with E-state index in [1.165, 1.54) is 30.7 Å². The fourth-order valence-corrected chi connectivity index (χ4v) is 4.89. The summed E-state index contributed by atoms with van der Waals surface area (Å²) in [6.45, 7) is 0. The van der Waals surface area contributed by atoms with Crippen LogP contribution < -0.4 is 5.32 Å². The van der Waals surface area contributed by atoms with Crippen molar-refractivity contribution in [2.45, 2.75) is 18.6 Å². The lowest BCUT2D eigenvalue weighted by atomic mass is 10.0. The van der Waals surface area contributed by atoms with Crippen molar-refractivity contribution in [2.24, 2.45) is 0 Å². The molecule has 3 heterocycles. The molecule has 4 rings (SSSR count). The SMILES string of the molecule is O=S1(=O)CCC(Nc2ncc(-c3ccc(C(F)(F)F)cc3)c3nccnc23)C1. The second-order valence-corrected chi connectivity index (χ2v) is 8.82. The van der Waals surface area contributed by atoms with Gasteiger partial charge in [0.15, 0.2) is 15.7 Å². The van der Waals surface area contributed by atoms with Crippen molar-refractivity contribution < 1.29 is 21.6 Å². The van der Waals surface area contributed by atoms with Crippen LogP contribution in [0.3, 0.4) is 0 Å². The van der Waals surface area contributed by atoms with E-state index in [2.05, 4.69) is 20.3 Å². The van der Waals surface area contributed by atoms with Gasteiger partial charge < -0.3 is 5.32 Å². The third-order valence-corrected chi connectivity index (χ3v) is 6.36. The number of benzene rings is 1. The molecule has 1 N–H and O–H groups in total. The van der Waals surface area contributed by atoms with Gasteiger partial charge in [-0.2, -0.15) is 13.2 Å². The average Bonchev–Trinajstić information content (AvgIpc) is 3.00. The fraction of sp³-hybridized carbons (Fsp3) is 0.278. The number of nitrogens with zero attached hydrogens (tertiary/aromatic N) is 3. The first kappa shape index (κ1) is 18.6. The van der Waals surface area contributed by atoms with Gasteiger partial charge in [-0.1, -0.05) is 12.1 Å². The number of hydrogen-bond acceptors (Lipinski definition) is 6. The summed E-state index contributed by atoms with van der Waals surface area (Å²) in [4.78, 5) is 12.9. The Morgan fingerprint density at radius 1 is 1.00 bits per heavy atom. The van der Waals surface area contributed by atoms with E-state index in [0.717, 1.165) is 12.1 Å². The molecule has 0 bridgehead atoms. The van der Waals surface area contributed by atoms with Gasteiger partial charge in [0.05, 0.1) is 17.1 Å². The first-order valence-corrected chi connectivity index (χ1v) is 10.3. The lowest BCUT2D eigenvalue weighted by molar-refractivity contribution is -0.137. The van der Waals surface area contributed by atoms with Gasteiger partial charge in [-0.25, -0.2) is 18.4 Å². The van der Waals surface area contributed by atoms with Crippen LogP contribution in [-0.2, 0) is 16.0 Å². The number of fused-ring (bicyclic) bond motifs is 1. The van der Waals surface area contributed by atoms with Crippen molar-refractivity contribution in [3.63, 3.8) is 0 Å². The molecule has 0 radical (unpaired) electrons. The van der Waals surface area contributed by atoms with Crippen LogP contribution in [0.1, 0.15) is 12.0 Å². The maximum absolute atomic E-state index is 12.8. The van der Waals surface area contributed by atoms with Gasteiger partial charge in [-0.05, 0) is 24.1 Å². The number of anilines is 1. The van der Waals surface area contributed by atoms with Crippen molar-refractivity contribution >= 4 is 26.7 Å². The minimum atomic E-state index is -4.41. The van der Waals surface area contributed by atoms with Gasteiger partial charge in [0.2, 0.25) is 0 Å². The second-order valence-electron chi connectivity index (χ2n) is 6.59. The summed E-state index contributed by atoms with van der Waals surface area (Å²) >= 11 is 0. The molecular weight excluding hydrogens is 393 g/mol.